The van der Waals surface area contributed by atoms with Crippen LogP contribution in [-0.4, -0.2) is 24.3 Å². The Labute approximate surface area is 178 Å². The molecule has 156 valence electrons. The quantitative estimate of drug-likeness (QED) is 0.773. The van der Waals surface area contributed by atoms with E-state index in [-0.39, 0.29) is 23.6 Å². The molecule has 3 bridgehead atoms. The van der Waals surface area contributed by atoms with Crippen LogP contribution >= 0.6 is 0 Å². The number of carbonyl (C=O) groups is 1. The number of benzene rings is 2. The number of rotatable bonds is 3. The van der Waals surface area contributed by atoms with Crippen LogP contribution in [0.5, 0.6) is 0 Å². The van der Waals surface area contributed by atoms with E-state index in [4.69, 9.17) is 10.5 Å². The van der Waals surface area contributed by atoms with E-state index in [0.29, 0.717) is 18.4 Å². The second-order valence-electron chi connectivity index (χ2n) is 10.2. The molecule has 0 aromatic heterocycles. The van der Waals surface area contributed by atoms with Crippen molar-refractivity contribution in [3.63, 3.8) is 0 Å². The molecule has 0 radical (unpaired) electrons. The Morgan fingerprint density at radius 3 is 2.43 bits per heavy atom. The lowest BCUT2D eigenvalue weighted by molar-refractivity contribution is 0.132. The first-order valence-electron chi connectivity index (χ1n) is 11.5. The fraction of sp³-hybridized carbons (Fsp3) is 0.500. The van der Waals surface area contributed by atoms with Crippen LogP contribution in [0.1, 0.15) is 55.6 Å². The largest absolute Gasteiger partial charge is 0.449 e. The monoisotopic (exact) mass is 402 g/mol. The first-order chi connectivity index (χ1) is 14.6. The van der Waals surface area contributed by atoms with Gasteiger partial charge in [0.15, 0.2) is 0 Å². The molecule has 30 heavy (non-hydrogen) atoms. The Kier molecular flexibility index (Phi) is 4.21. The van der Waals surface area contributed by atoms with Crippen LogP contribution in [0.4, 0.5) is 4.79 Å². The topological polar surface area (TPSA) is 64.3 Å². The fourth-order valence-corrected chi connectivity index (χ4v) is 7.19. The molecular weight excluding hydrogens is 372 g/mol. The molecule has 4 aliphatic rings. The number of amides is 1. The standard InChI is InChI=1S/C26H30N2O2/c27-26-12-16-9-10-24(22(14-26)17(11-16)13-26)28-25(29)30-15-23-20-7-3-1-5-18(20)19-6-2-4-8-21(19)23/h1-8,16-17,22-24H,9-15,27H2,(H,28,29). The summed E-state index contributed by atoms with van der Waals surface area (Å²) in [6.07, 6.45) is 6.64. The van der Waals surface area contributed by atoms with Crippen molar-refractivity contribution in [2.24, 2.45) is 23.5 Å². The van der Waals surface area contributed by atoms with Gasteiger partial charge in [0.2, 0.25) is 0 Å². The number of nitrogens with one attached hydrogen (secondary N) is 1. The van der Waals surface area contributed by atoms with Crippen molar-refractivity contribution in [3.8, 4) is 11.1 Å². The van der Waals surface area contributed by atoms with E-state index in [1.165, 1.54) is 41.5 Å². The van der Waals surface area contributed by atoms with Gasteiger partial charge in [0.25, 0.3) is 0 Å². The van der Waals surface area contributed by atoms with Crippen molar-refractivity contribution in [1.29, 1.82) is 0 Å². The van der Waals surface area contributed by atoms with E-state index in [0.717, 1.165) is 25.2 Å². The predicted molar refractivity (Wildman–Crippen MR) is 117 cm³/mol. The van der Waals surface area contributed by atoms with Crippen LogP contribution < -0.4 is 11.1 Å². The van der Waals surface area contributed by atoms with Gasteiger partial charge in [-0.15, -0.1) is 0 Å². The second kappa shape index (κ2) is 6.84. The fourth-order valence-electron chi connectivity index (χ4n) is 7.19. The molecule has 3 saturated carbocycles. The van der Waals surface area contributed by atoms with Crippen LogP contribution in [0, 0.1) is 17.8 Å². The van der Waals surface area contributed by atoms with Gasteiger partial charge >= 0.3 is 6.09 Å². The van der Waals surface area contributed by atoms with E-state index in [1.54, 1.807) is 0 Å². The smallest absolute Gasteiger partial charge is 0.407 e. The zero-order valence-electron chi connectivity index (χ0n) is 17.3. The van der Waals surface area contributed by atoms with Gasteiger partial charge in [-0.2, -0.15) is 0 Å². The molecule has 3 N–H and O–H groups in total. The van der Waals surface area contributed by atoms with Crippen LogP contribution in [0.2, 0.25) is 0 Å². The van der Waals surface area contributed by atoms with Gasteiger partial charge in [-0.05, 0) is 78.5 Å². The molecule has 2 aromatic carbocycles. The summed E-state index contributed by atoms with van der Waals surface area (Å²) in [5.41, 5.74) is 11.7. The first kappa shape index (κ1) is 18.4. The number of hydrogen-bond acceptors (Lipinski definition) is 3. The van der Waals surface area contributed by atoms with Crippen LogP contribution in [-0.2, 0) is 4.74 Å². The molecule has 1 amide bonds. The third kappa shape index (κ3) is 2.96. The van der Waals surface area contributed by atoms with E-state index >= 15 is 0 Å². The first-order valence-corrected chi connectivity index (χ1v) is 11.5. The maximum Gasteiger partial charge on any atom is 0.407 e. The van der Waals surface area contributed by atoms with E-state index in [1.807, 2.05) is 0 Å². The van der Waals surface area contributed by atoms with Crippen molar-refractivity contribution in [2.75, 3.05) is 6.61 Å². The van der Waals surface area contributed by atoms with Crippen molar-refractivity contribution >= 4 is 6.09 Å². The summed E-state index contributed by atoms with van der Waals surface area (Å²) in [6.45, 7) is 0.379. The molecule has 4 aliphatic carbocycles. The number of carbonyl (C=O) groups excluding carboxylic acids is 1. The zero-order valence-corrected chi connectivity index (χ0v) is 17.3. The van der Waals surface area contributed by atoms with Gasteiger partial charge in [0.1, 0.15) is 6.61 Å². The molecular formula is C26H30N2O2. The summed E-state index contributed by atoms with van der Waals surface area (Å²) >= 11 is 0. The molecule has 0 saturated heterocycles. The second-order valence-corrected chi connectivity index (χ2v) is 10.2. The number of alkyl carbamates (subject to hydrolysis) is 1. The van der Waals surface area contributed by atoms with Gasteiger partial charge in [0, 0.05) is 17.5 Å². The average molecular weight is 403 g/mol. The lowest BCUT2D eigenvalue weighted by atomic mass is 9.76. The Hall–Kier alpha value is -2.33. The Bertz CT molecular complexity index is 943. The molecule has 4 nitrogen and oxygen atoms in total. The minimum absolute atomic E-state index is 0.0137. The van der Waals surface area contributed by atoms with Crippen molar-refractivity contribution < 1.29 is 9.53 Å². The molecule has 2 aromatic rings. The highest BCUT2D eigenvalue weighted by Crippen LogP contribution is 2.54. The lowest BCUT2D eigenvalue weighted by Gasteiger charge is -2.35. The van der Waals surface area contributed by atoms with E-state index < -0.39 is 0 Å². The Morgan fingerprint density at radius 1 is 1.00 bits per heavy atom. The molecule has 6 rings (SSSR count). The number of hydrogen-bond donors (Lipinski definition) is 2. The molecule has 3 fully saturated rings. The van der Waals surface area contributed by atoms with Gasteiger partial charge < -0.3 is 15.8 Å². The summed E-state index contributed by atoms with van der Waals surface area (Å²) in [4.78, 5) is 12.8. The summed E-state index contributed by atoms with van der Waals surface area (Å²) in [7, 11) is 0. The minimum Gasteiger partial charge on any atom is -0.449 e. The van der Waals surface area contributed by atoms with E-state index in [9.17, 15) is 4.79 Å². The summed E-state index contributed by atoms with van der Waals surface area (Å²) < 4.78 is 5.81. The van der Waals surface area contributed by atoms with Crippen molar-refractivity contribution in [1.82, 2.24) is 5.32 Å². The summed E-state index contributed by atoms with van der Waals surface area (Å²) in [6, 6.07) is 17.1. The van der Waals surface area contributed by atoms with Gasteiger partial charge in [-0.3, -0.25) is 0 Å². The average Bonchev–Trinajstić information content (AvgIpc) is 3.15. The molecule has 5 unspecified atom stereocenters. The molecule has 5 atom stereocenters. The van der Waals surface area contributed by atoms with Crippen LogP contribution in [0.25, 0.3) is 11.1 Å². The molecule has 4 heteroatoms. The van der Waals surface area contributed by atoms with Crippen LogP contribution in [0.3, 0.4) is 0 Å². The molecule has 0 heterocycles. The summed E-state index contributed by atoms with van der Waals surface area (Å²) in [5.74, 6) is 2.04. The third-order valence-corrected chi connectivity index (χ3v) is 8.30. The Morgan fingerprint density at radius 2 is 1.70 bits per heavy atom. The molecule has 0 spiro atoms. The van der Waals surface area contributed by atoms with Gasteiger partial charge in [0.05, 0.1) is 0 Å². The van der Waals surface area contributed by atoms with Gasteiger partial charge in [-0.1, -0.05) is 48.5 Å². The van der Waals surface area contributed by atoms with Crippen LogP contribution in [0.15, 0.2) is 48.5 Å². The predicted octanol–water partition coefficient (Wildman–Crippen LogP) is 4.82. The maximum absolute atomic E-state index is 12.8. The van der Waals surface area contributed by atoms with E-state index in [2.05, 4.69) is 53.8 Å². The normalized spacial score (nSPS) is 33.6. The lowest BCUT2D eigenvalue weighted by Crippen LogP contribution is -2.45. The highest BCUT2D eigenvalue weighted by molar-refractivity contribution is 5.79. The Balaban J connectivity index is 1.15. The minimum atomic E-state index is -0.269. The highest BCUT2D eigenvalue weighted by atomic mass is 16.5. The zero-order chi connectivity index (χ0) is 20.3. The number of ether oxygens (including phenoxy) is 1. The molecule has 0 aliphatic heterocycles. The van der Waals surface area contributed by atoms with Crippen molar-refractivity contribution in [3.05, 3.63) is 59.7 Å². The SMILES string of the molecule is NC12CC3CCC(NC(=O)OCC4c5ccccc5-c5ccccc54)C(C1)C(C3)C2. The highest BCUT2D eigenvalue weighted by Gasteiger charge is 2.52. The number of fused-ring (bicyclic) bond motifs is 5. The third-order valence-electron chi connectivity index (χ3n) is 8.30. The van der Waals surface area contributed by atoms with Gasteiger partial charge in [-0.25, -0.2) is 4.79 Å². The maximum atomic E-state index is 12.8. The number of nitrogens with two attached hydrogens (primary N) is 1. The van der Waals surface area contributed by atoms with Crippen molar-refractivity contribution in [2.45, 2.75) is 56.0 Å². The summed E-state index contributed by atoms with van der Waals surface area (Å²) in [5, 5.41) is 3.24.